The average molecular weight is 348 g/mol. The van der Waals surface area contributed by atoms with Gasteiger partial charge in [-0.05, 0) is 30.2 Å². The molecule has 2 rings (SSSR count). The molecule has 0 bridgehead atoms. The molecule has 1 aromatic rings. The highest BCUT2D eigenvalue weighted by molar-refractivity contribution is 5.95. The Morgan fingerprint density at radius 2 is 1.92 bits per heavy atom. The van der Waals surface area contributed by atoms with Crippen molar-refractivity contribution in [2.45, 2.75) is 46.2 Å². The van der Waals surface area contributed by atoms with Gasteiger partial charge in [-0.3, -0.25) is 9.69 Å². The van der Waals surface area contributed by atoms with E-state index in [9.17, 15) is 4.79 Å². The molecule has 1 amide bonds. The van der Waals surface area contributed by atoms with E-state index in [2.05, 4.69) is 48.4 Å². The smallest absolute Gasteiger partial charge is 0.242 e. The number of benzene rings is 1. The molecule has 1 aliphatic rings. The molecule has 0 aromatic heterocycles. The first-order valence-corrected chi connectivity index (χ1v) is 9.61. The van der Waals surface area contributed by atoms with Crippen molar-refractivity contribution >= 4 is 11.6 Å². The zero-order chi connectivity index (χ0) is 18.1. The van der Waals surface area contributed by atoms with E-state index in [0.29, 0.717) is 19.1 Å². The summed E-state index contributed by atoms with van der Waals surface area (Å²) < 4.78 is 5.47. The van der Waals surface area contributed by atoms with Crippen LogP contribution in [-0.4, -0.2) is 49.7 Å². The van der Waals surface area contributed by atoms with E-state index in [0.717, 1.165) is 44.7 Å². The van der Waals surface area contributed by atoms with E-state index < -0.39 is 0 Å². The molecular weight excluding hydrogens is 314 g/mol. The highest BCUT2D eigenvalue weighted by Gasteiger charge is 2.32. The number of carbonyl (C=O) groups is 1. The Morgan fingerprint density at radius 3 is 2.56 bits per heavy atom. The number of amides is 1. The molecule has 0 radical (unpaired) electrons. The van der Waals surface area contributed by atoms with Crippen LogP contribution < -0.4 is 10.6 Å². The molecule has 140 valence electrons. The summed E-state index contributed by atoms with van der Waals surface area (Å²) in [6, 6.07) is 8.03. The molecule has 1 heterocycles. The maximum Gasteiger partial charge on any atom is 0.242 e. The minimum absolute atomic E-state index is 0.0867. The van der Waals surface area contributed by atoms with E-state index in [4.69, 9.17) is 4.74 Å². The molecule has 1 fully saturated rings. The Morgan fingerprint density at radius 1 is 1.20 bits per heavy atom. The molecule has 1 aromatic carbocycles. The van der Waals surface area contributed by atoms with Gasteiger partial charge in [-0.15, -0.1) is 0 Å². The summed E-state index contributed by atoms with van der Waals surface area (Å²) in [6.45, 7) is 11.3. The highest BCUT2D eigenvalue weighted by Crippen LogP contribution is 2.22. The minimum Gasteiger partial charge on any atom is -0.379 e. The molecule has 25 heavy (non-hydrogen) atoms. The molecule has 2 N–H and O–H groups in total. The van der Waals surface area contributed by atoms with Gasteiger partial charge in [0.05, 0.1) is 19.3 Å². The number of ether oxygens (including phenoxy) is 1. The molecule has 0 saturated carbocycles. The molecule has 1 aliphatic heterocycles. The van der Waals surface area contributed by atoms with Crippen LogP contribution in [0.4, 0.5) is 5.69 Å². The number of carbonyl (C=O) groups excluding carboxylic acids is 1. The Balaban J connectivity index is 2.10. The van der Waals surface area contributed by atoms with E-state index in [-0.39, 0.29) is 11.9 Å². The van der Waals surface area contributed by atoms with Gasteiger partial charge in [-0.1, -0.05) is 45.7 Å². The molecular formula is C20H33N3O2. The van der Waals surface area contributed by atoms with Crippen LogP contribution in [0.3, 0.4) is 0 Å². The van der Waals surface area contributed by atoms with Gasteiger partial charge >= 0.3 is 0 Å². The van der Waals surface area contributed by atoms with Gasteiger partial charge in [0.15, 0.2) is 0 Å². The topological polar surface area (TPSA) is 53.6 Å². The van der Waals surface area contributed by atoms with Crippen molar-refractivity contribution in [3.63, 3.8) is 0 Å². The summed E-state index contributed by atoms with van der Waals surface area (Å²) in [7, 11) is 0. The van der Waals surface area contributed by atoms with Crippen molar-refractivity contribution in [2.75, 3.05) is 38.2 Å². The van der Waals surface area contributed by atoms with Crippen LogP contribution >= 0.6 is 0 Å². The lowest BCUT2D eigenvalue weighted by Crippen LogP contribution is -2.52. The van der Waals surface area contributed by atoms with Crippen LogP contribution in [0.25, 0.3) is 0 Å². The van der Waals surface area contributed by atoms with Gasteiger partial charge in [0.2, 0.25) is 5.91 Å². The average Bonchev–Trinajstić information content (AvgIpc) is 2.65. The standard InChI is InChI=1S/C20H33N3O2/c1-4-17(5-2)19(23-10-12-25-13-11-23)20(24)22-18-9-7-8-16(14-18)15-21-6-3/h7-9,14,17,19,21H,4-6,10-13,15H2,1-3H3,(H,22,24). The van der Waals surface area contributed by atoms with Crippen LogP contribution in [0.1, 0.15) is 39.2 Å². The lowest BCUT2D eigenvalue weighted by Gasteiger charge is -2.37. The summed E-state index contributed by atoms with van der Waals surface area (Å²) in [5.74, 6) is 0.472. The van der Waals surface area contributed by atoms with Crippen LogP contribution in [0.2, 0.25) is 0 Å². The predicted molar refractivity (Wildman–Crippen MR) is 103 cm³/mol. The van der Waals surface area contributed by atoms with Gasteiger partial charge in [0.1, 0.15) is 0 Å². The largest absolute Gasteiger partial charge is 0.379 e. The third-order valence-corrected chi connectivity index (χ3v) is 4.98. The first kappa shape index (κ1) is 19.9. The number of rotatable bonds is 9. The molecule has 1 atom stereocenters. The van der Waals surface area contributed by atoms with Gasteiger partial charge < -0.3 is 15.4 Å². The number of nitrogens with zero attached hydrogens (tertiary/aromatic N) is 1. The highest BCUT2D eigenvalue weighted by atomic mass is 16.5. The minimum atomic E-state index is -0.0867. The molecule has 0 spiro atoms. The fraction of sp³-hybridized carbons (Fsp3) is 0.650. The number of nitrogens with one attached hydrogen (secondary N) is 2. The summed E-state index contributed by atoms with van der Waals surface area (Å²) in [4.78, 5) is 15.4. The third-order valence-electron chi connectivity index (χ3n) is 4.98. The normalized spacial score (nSPS) is 16.8. The lowest BCUT2D eigenvalue weighted by atomic mass is 9.91. The SMILES string of the molecule is CCNCc1cccc(NC(=O)C(C(CC)CC)N2CCOCC2)c1. The maximum absolute atomic E-state index is 13.1. The molecule has 5 heteroatoms. The molecule has 5 nitrogen and oxygen atoms in total. The molecule has 1 saturated heterocycles. The Hall–Kier alpha value is -1.43. The predicted octanol–water partition coefficient (Wildman–Crippen LogP) is 2.87. The lowest BCUT2D eigenvalue weighted by molar-refractivity contribution is -0.125. The van der Waals surface area contributed by atoms with Crippen LogP contribution in [-0.2, 0) is 16.1 Å². The molecule has 0 aliphatic carbocycles. The Labute approximate surface area is 152 Å². The summed E-state index contributed by atoms with van der Waals surface area (Å²) in [5.41, 5.74) is 2.06. The monoisotopic (exact) mass is 347 g/mol. The first-order valence-electron chi connectivity index (χ1n) is 9.61. The van der Waals surface area contributed by atoms with E-state index in [1.165, 1.54) is 5.56 Å². The van der Waals surface area contributed by atoms with Gasteiger partial charge in [0, 0.05) is 25.3 Å². The fourth-order valence-corrected chi connectivity index (χ4v) is 3.51. The van der Waals surface area contributed by atoms with Crippen LogP contribution in [0, 0.1) is 5.92 Å². The van der Waals surface area contributed by atoms with Crippen molar-refractivity contribution in [1.82, 2.24) is 10.2 Å². The summed E-state index contributed by atoms with van der Waals surface area (Å²) in [5, 5.41) is 6.48. The first-order chi connectivity index (χ1) is 12.2. The van der Waals surface area contributed by atoms with Crippen LogP contribution in [0.5, 0.6) is 0 Å². The van der Waals surface area contributed by atoms with Crippen molar-refractivity contribution in [3.8, 4) is 0 Å². The van der Waals surface area contributed by atoms with Crippen molar-refractivity contribution < 1.29 is 9.53 Å². The number of anilines is 1. The van der Waals surface area contributed by atoms with Crippen molar-refractivity contribution in [1.29, 1.82) is 0 Å². The Bertz CT molecular complexity index is 525. The van der Waals surface area contributed by atoms with E-state index >= 15 is 0 Å². The second-order valence-corrected chi connectivity index (χ2v) is 6.64. The van der Waals surface area contributed by atoms with Crippen molar-refractivity contribution in [2.24, 2.45) is 5.92 Å². The van der Waals surface area contributed by atoms with Crippen molar-refractivity contribution in [3.05, 3.63) is 29.8 Å². The van der Waals surface area contributed by atoms with Gasteiger partial charge in [0.25, 0.3) is 0 Å². The third kappa shape index (κ3) is 5.80. The van der Waals surface area contributed by atoms with E-state index in [1.807, 2.05) is 12.1 Å². The number of morpholine rings is 1. The number of hydrogen-bond acceptors (Lipinski definition) is 4. The number of hydrogen-bond donors (Lipinski definition) is 2. The zero-order valence-electron chi connectivity index (χ0n) is 15.9. The second-order valence-electron chi connectivity index (χ2n) is 6.64. The maximum atomic E-state index is 13.1. The summed E-state index contributed by atoms with van der Waals surface area (Å²) >= 11 is 0. The van der Waals surface area contributed by atoms with Gasteiger partial charge in [-0.25, -0.2) is 0 Å². The second kappa shape index (κ2) is 10.5. The van der Waals surface area contributed by atoms with Crippen LogP contribution in [0.15, 0.2) is 24.3 Å². The summed E-state index contributed by atoms with van der Waals surface area (Å²) in [6.07, 6.45) is 2.01. The van der Waals surface area contributed by atoms with E-state index in [1.54, 1.807) is 0 Å². The quantitative estimate of drug-likeness (QED) is 0.721. The molecule has 1 unspecified atom stereocenters. The van der Waals surface area contributed by atoms with Gasteiger partial charge in [-0.2, -0.15) is 0 Å². The Kier molecular flexibility index (Phi) is 8.38. The zero-order valence-corrected chi connectivity index (χ0v) is 15.9. The fourth-order valence-electron chi connectivity index (χ4n) is 3.51.